The zero-order valence-electron chi connectivity index (χ0n) is 13.7. The van der Waals surface area contributed by atoms with Crippen molar-refractivity contribution in [3.8, 4) is 0 Å². The number of carbonyl (C=O) groups excluding carboxylic acids is 3. The van der Waals surface area contributed by atoms with Crippen molar-refractivity contribution >= 4 is 29.7 Å². The normalized spacial score (nSPS) is 35.0. The van der Waals surface area contributed by atoms with Crippen molar-refractivity contribution in [3.63, 3.8) is 0 Å². The van der Waals surface area contributed by atoms with Crippen molar-refractivity contribution in [2.75, 3.05) is 12.4 Å². The van der Waals surface area contributed by atoms with Gasteiger partial charge in [0.05, 0.1) is 17.9 Å². The van der Waals surface area contributed by atoms with Gasteiger partial charge in [-0.25, -0.2) is 18.0 Å². The Bertz CT molecular complexity index is 513. The molecular formula is C15H21F3N2O4S. The fraction of sp³-hybridized carbons (Fsp3) is 0.800. The second-order valence-electron chi connectivity index (χ2n) is 6.03. The molecule has 2 aliphatic rings. The van der Waals surface area contributed by atoms with E-state index in [1.807, 2.05) is 0 Å². The lowest BCUT2D eigenvalue weighted by Gasteiger charge is -2.31. The lowest BCUT2D eigenvalue weighted by atomic mass is 9.84. The van der Waals surface area contributed by atoms with Gasteiger partial charge < -0.3 is 10.1 Å². The first-order valence-electron chi connectivity index (χ1n) is 8.15. The minimum atomic E-state index is -1.91. The number of hydrogen-bond acceptors (Lipinski definition) is 5. The van der Waals surface area contributed by atoms with Gasteiger partial charge in [-0.3, -0.25) is 14.9 Å². The van der Waals surface area contributed by atoms with Crippen LogP contribution in [0.3, 0.4) is 0 Å². The van der Waals surface area contributed by atoms with E-state index in [1.54, 1.807) is 6.92 Å². The molecule has 0 aromatic carbocycles. The molecule has 25 heavy (non-hydrogen) atoms. The molecule has 0 spiro atoms. The first-order valence-corrected chi connectivity index (χ1v) is 9.20. The Morgan fingerprint density at radius 3 is 2.36 bits per heavy atom. The molecule has 0 aromatic heterocycles. The van der Waals surface area contributed by atoms with Gasteiger partial charge >= 0.3 is 6.09 Å². The van der Waals surface area contributed by atoms with Crippen LogP contribution in [0.15, 0.2) is 0 Å². The highest BCUT2D eigenvalue weighted by atomic mass is 32.2. The van der Waals surface area contributed by atoms with Gasteiger partial charge in [0, 0.05) is 12.8 Å². The van der Waals surface area contributed by atoms with Crippen LogP contribution in [0, 0.1) is 11.8 Å². The number of nitrogens with one attached hydrogen (secondary N) is 2. The van der Waals surface area contributed by atoms with Gasteiger partial charge in [0.2, 0.25) is 11.8 Å². The Hall–Kier alpha value is -1.45. The number of hydrogen-bond donors (Lipinski definition) is 2. The summed E-state index contributed by atoms with van der Waals surface area (Å²) in [6, 6.07) is 0. The quantitative estimate of drug-likeness (QED) is 0.776. The van der Waals surface area contributed by atoms with Crippen molar-refractivity contribution < 1.29 is 32.3 Å². The van der Waals surface area contributed by atoms with Crippen LogP contribution in [0.5, 0.6) is 0 Å². The van der Waals surface area contributed by atoms with E-state index in [0.717, 1.165) is 0 Å². The fourth-order valence-electron chi connectivity index (χ4n) is 3.03. The van der Waals surface area contributed by atoms with Crippen molar-refractivity contribution in [1.82, 2.24) is 10.6 Å². The first-order chi connectivity index (χ1) is 11.8. The Morgan fingerprint density at radius 2 is 1.76 bits per heavy atom. The molecule has 0 aromatic rings. The van der Waals surface area contributed by atoms with Gasteiger partial charge in [-0.05, 0) is 19.1 Å². The average Bonchev–Trinajstić information content (AvgIpc) is 2.94. The van der Waals surface area contributed by atoms with Crippen LogP contribution >= 0.6 is 11.8 Å². The van der Waals surface area contributed by atoms with E-state index in [0.29, 0.717) is 12.2 Å². The molecule has 3 amide bonds. The number of thioether (sulfide) groups is 1. The van der Waals surface area contributed by atoms with Crippen LogP contribution in [0.25, 0.3) is 0 Å². The van der Waals surface area contributed by atoms with Crippen molar-refractivity contribution in [2.24, 2.45) is 11.8 Å². The van der Waals surface area contributed by atoms with Crippen molar-refractivity contribution in [3.05, 3.63) is 0 Å². The predicted octanol–water partition coefficient (Wildman–Crippen LogP) is 1.88. The number of alkyl halides is 3. The highest BCUT2D eigenvalue weighted by Gasteiger charge is 2.45. The number of amides is 3. The second-order valence-corrected chi connectivity index (χ2v) is 7.28. The number of ether oxygens (including phenoxy) is 1. The van der Waals surface area contributed by atoms with Gasteiger partial charge in [0.1, 0.15) is 24.4 Å². The van der Waals surface area contributed by atoms with Crippen LogP contribution in [-0.4, -0.2) is 54.2 Å². The van der Waals surface area contributed by atoms with Crippen LogP contribution < -0.4 is 10.6 Å². The largest absolute Gasteiger partial charge is 0.450 e. The summed E-state index contributed by atoms with van der Waals surface area (Å²) < 4.78 is 45.6. The lowest BCUT2D eigenvalue weighted by Crippen LogP contribution is -2.51. The third-order valence-corrected chi connectivity index (χ3v) is 5.53. The Kier molecular flexibility index (Phi) is 6.97. The summed E-state index contributed by atoms with van der Waals surface area (Å²) in [7, 11) is 0. The second kappa shape index (κ2) is 8.77. The standard InChI is InChI=1S/C15H21F3N2O4S/c1-2-24-15(23)20-12(21)8-3-4-25-14(8)19-13(22)11-9(17)5-7(16)6-10(11)18/h7-11,14H,2-6H2,1H3,(H,19,22)(H,20,21,23). The summed E-state index contributed by atoms with van der Waals surface area (Å²) in [6.45, 7) is 1.69. The number of halogens is 3. The summed E-state index contributed by atoms with van der Waals surface area (Å²) in [5.74, 6) is -3.25. The molecule has 6 nitrogen and oxygen atoms in total. The molecule has 2 fully saturated rings. The summed E-state index contributed by atoms with van der Waals surface area (Å²) in [6.07, 6.45) is -6.92. The number of alkyl carbamates (subject to hydrolysis) is 1. The Morgan fingerprint density at radius 1 is 1.12 bits per heavy atom. The van der Waals surface area contributed by atoms with E-state index in [9.17, 15) is 27.6 Å². The van der Waals surface area contributed by atoms with Crippen LogP contribution in [0.1, 0.15) is 26.2 Å². The molecule has 2 rings (SSSR count). The summed E-state index contributed by atoms with van der Waals surface area (Å²) >= 11 is 1.25. The fourth-order valence-corrected chi connectivity index (χ4v) is 4.37. The Labute approximate surface area is 147 Å². The van der Waals surface area contributed by atoms with Gasteiger partial charge in [-0.2, -0.15) is 0 Å². The molecule has 10 heteroatoms. The summed E-state index contributed by atoms with van der Waals surface area (Å²) in [4.78, 5) is 35.6. The maximum absolute atomic E-state index is 13.9. The predicted molar refractivity (Wildman–Crippen MR) is 85.1 cm³/mol. The van der Waals surface area contributed by atoms with Gasteiger partial charge in [0.15, 0.2) is 0 Å². The van der Waals surface area contributed by atoms with Crippen LogP contribution in [-0.2, 0) is 14.3 Å². The average molecular weight is 382 g/mol. The minimum absolute atomic E-state index is 0.103. The Balaban J connectivity index is 1.95. The maximum Gasteiger partial charge on any atom is 0.413 e. The molecule has 1 saturated carbocycles. The first kappa shape index (κ1) is 19.9. The van der Waals surface area contributed by atoms with E-state index < -0.39 is 66.5 Å². The van der Waals surface area contributed by atoms with Crippen LogP contribution in [0.2, 0.25) is 0 Å². The molecule has 0 radical (unpaired) electrons. The molecule has 1 aliphatic carbocycles. The minimum Gasteiger partial charge on any atom is -0.450 e. The monoisotopic (exact) mass is 382 g/mol. The number of carbonyl (C=O) groups is 3. The van der Waals surface area contributed by atoms with E-state index in [4.69, 9.17) is 0 Å². The number of rotatable bonds is 4. The molecule has 1 heterocycles. The third-order valence-electron chi connectivity index (χ3n) is 4.26. The maximum atomic E-state index is 13.9. The van der Waals surface area contributed by atoms with Gasteiger partial charge in [0.25, 0.3) is 0 Å². The van der Waals surface area contributed by atoms with E-state index in [1.165, 1.54) is 11.8 Å². The van der Waals surface area contributed by atoms with Crippen LogP contribution in [0.4, 0.5) is 18.0 Å². The number of imide groups is 1. The van der Waals surface area contributed by atoms with E-state index in [-0.39, 0.29) is 6.61 Å². The van der Waals surface area contributed by atoms with E-state index in [2.05, 4.69) is 15.4 Å². The highest BCUT2D eigenvalue weighted by molar-refractivity contribution is 8.00. The molecule has 4 unspecified atom stereocenters. The van der Waals surface area contributed by atoms with Crippen molar-refractivity contribution in [1.29, 1.82) is 0 Å². The molecule has 2 N–H and O–H groups in total. The molecule has 142 valence electrons. The zero-order valence-corrected chi connectivity index (χ0v) is 14.5. The van der Waals surface area contributed by atoms with Gasteiger partial charge in [-0.1, -0.05) is 0 Å². The molecule has 1 aliphatic heterocycles. The topological polar surface area (TPSA) is 84.5 Å². The zero-order chi connectivity index (χ0) is 18.6. The SMILES string of the molecule is CCOC(=O)NC(=O)C1CCSC1NC(=O)C1C(F)CC(F)CC1F. The molecular weight excluding hydrogens is 361 g/mol. The van der Waals surface area contributed by atoms with Crippen molar-refractivity contribution in [2.45, 2.75) is 50.1 Å². The lowest BCUT2D eigenvalue weighted by molar-refractivity contribution is -0.133. The summed E-state index contributed by atoms with van der Waals surface area (Å²) in [5.41, 5.74) is 0. The third kappa shape index (κ3) is 5.02. The summed E-state index contributed by atoms with van der Waals surface area (Å²) in [5, 5.41) is 3.83. The highest BCUT2D eigenvalue weighted by Crippen LogP contribution is 2.34. The van der Waals surface area contributed by atoms with E-state index >= 15 is 0 Å². The molecule has 0 bridgehead atoms. The smallest absolute Gasteiger partial charge is 0.413 e. The molecule has 4 atom stereocenters. The van der Waals surface area contributed by atoms with Gasteiger partial charge in [-0.15, -0.1) is 11.8 Å². The molecule has 1 saturated heterocycles.